The molecule has 1 amide bonds. The molecular formula is C18H18FNO. The van der Waals surface area contributed by atoms with Crippen LogP contribution >= 0.6 is 0 Å². The Labute approximate surface area is 124 Å². The number of hydrogen-bond donors (Lipinski definition) is 1. The van der Waals surface area contributed by atoms with Gasteiger partial charge in [0.25, 0.3) is 5.91 Å². The molecule has 3 heteroatoms. The van der Waals surface area contributed by atoms with Crippen LogP contribution in [0, 0.1) is 5.82 Å². The second kappa shape index (κ2) is 5.68. The third kappa shape index (κ3) is 2.97. The molecule has 0 heterocycles. The summed E-state index contributed by atoms with van der Waals surface area (Å²) in [6, 6.07) is 12.0. The van der Waals surface area contributed by atoms with Crippen molar-refractivity contribution in [2.45, 2.75) is 32.2 Å². The highest BCUT2D eigenvalue weighted by atomic mass is 19.1. The van der Waals surface area contributed by atoms with Crippen LogP contribution in [0.25, 0.3) is 0 Å². The lowest BCUT2D eigenvalue weighted by Crippen LogP contribution is -2.26. The summed E-state index contributed by atoms with van der Waals surface area (Å²) in [5, 5.41) is 2.96. The zero-order valence-electron chi connectivity index (χ0n) is 12.0. The van der Waals surface area contributed by atoms with Gasteiger partial charge in [0.1, 0.15) is 5.82 Å². The Morgan fingerprint density at radius 2 is 1.81 bits per heavy atom. The molecule has 2 aromatic carbocycles. The highest BCUT2D eigenvalue weighted by Gasteiger charge is 2.15. The number of rotatable bonds is 3. The number of aryl methyl sites for hydroxylation is 2. The van der Waals surface area contributed by atoms with Crippen LogP contribution < -0.4 is 5.32 Å². The van der Waals surface area contributed by atoms with Gasteiger partial charge >= 0.3 is 0 Å². The van der Waals surface area contributed by atoms with E-state index in [0.29, 0.717) is 5.56 Å². The lowest BCUT2D eigenvalue weighted by Gasteiger charge is -2.15. The van der Waals surface area contributed by atoms with Gasteiger partial charge in [-0.05, 0) is 67.1 Å². The van der Waals surface area contributed by atoms with E-state index in [1.165, 1.54) is 29.7 Å². The summed E-state index contributed by atoms with van der Waals surface area (Å²) in [5.41, 5.74) is 4.24. The largest absolute Gasteiger partial charge is 0.346 e. The van der Waals surface area contributed by atoms with E-state index in [-0.39, 0.29) is 17.8 Å². The van der Waals surface area contributed by atoms with Crippen LogP contribution in [-0.4, -0.2) is 5.91 Å². The van der Waals surface area contributed by atoms with Crippen LogP contribution in [0.15, 0.2) is 42.5 Å². The van der Waals surface area contributed by atoms with Gasteiger partial charge in [-0.15, -0.1) is 0 Å². The highest BCUT2D eigenvalue weighted by Crippen LogP contribution is 2.23. The standard InChI is InChI=1S/C18H18FNO/c1-12(13-7-9-17(19)10-8-13)20-18(21)16-6-5-14-3-2-4-15(14)11-16/h5-12H,2-4H2,1H3,(H,20,21)/t12-/m1/s1. The van der Waals surface area contributed by atoms with Gasteiger partial charge in [0.05, 0.1) is 6.04 Å². The maximum absolute atomic E-state index is 12.9. The van der Waals surface area contributed by atoms with Crippen molar-refractivity contribution in [1.29, 1.82) is 0 Å². The molecule has 0 spiro atoms. The SMILES string of the molecule is C[C@@H](NC(=O)c1ccc2c(c1)CCC2)c1ccc(F)cc1. The minimum atomic E-state index is -0.268. The zero-order chi connectivity index (χ0) is 14.8. The van der Waals surface area contributed by atoms with Crippen molar-refractivity contribution in [3.05, 3.63) is 70.5 Å². The number of amides is 1. The first-order valence-electron chi connectivity index (χ1n) is 7.31. The molecule has 0 bridgehead atoms. The molecule has 0 unspecified atom stereocenters. The van der Waals surface area contributed by atoms with E-state index in [9.17, 15) is 9.18 Å². The van der Waals surface area contributed by atoms with Crippen LogP contribution in [0.5, 0.6) is 0 Å². The predicted molar refractivity (Wildman–Crippen MR) is 80.7 cm³/mol. The molecule has 0 aromatic heterocycles. The van der Waals surface area contributed by atoms with Crippen molar-refractivity contribution in [2.75, 3.05) is 0 Å². The molecule has 2 nitrogen and oxygen atoms in total. The maximum Gasteiger partial charge on any atom is 0.251 e. The topological polar surface area (TPSA) is 29.1 Å². The van der Waals surface area contributed by atoms with E-state index in [1.807, 2.05) is 19.1 Å². The Kier molecular flexibility index (Phi) is 3.74. The van der Waals surface area contributed by atoms with E-state index < -0.39 is 0 Å². The van der Waals surface area contributed by atoms with E-state index >= 15 is 0 Å². The average molecular weight is 283 g/mol. The van der Waals surface area contributed by atoms with Crippen LogP contribution in [-0.2, 0) is 12.8 Å². The van der Waals surface area contributed by atoms with E-state index in [1.54, 1.807) is 12.1 Å². The number of benzene rings is 2. The van der Waals surface area contributed by atoms with Crippen molar-refractivity contribution >= 4 is 5.91 Å². The number of hydrogen-bond acceptors (Lipinski definition) is 1. The van der Waals surface area contributed by atoms with Gasteiger partial charge in [-0.1, -0.05) is 18.2 Å². The summed E-state index contributed by atoms with van der Waals surface area (Å²) >= 11 is 0. The molecule has 0 fully saturated rings. The normalized spacial score (nSPS) is 14.6. The molecule has 108 valence electrons. The molecule has 1 aliphatic rings. The fraction of sp³-hybridized carbons (Fsp3) is 0.278. The minimum absolute atomic E-state index is 0.0819. The number of fused-ring (bicyclic) bond motifs is 1. The Morgan fingerprint density at radius 1 is 1.10 bits per heavy atom. The Balaban J connectivity index is 1.72. The smallest absolute Gasteiger partial charge is 0.251 e. The molecule has 3 rings (SSSR count). The van der Waals surface area contributed by atoms with Crippen molar-refractivity contribution < 1.29 is 9.18 Å². The van der Waals surface area contributed by atoms with Crippen molar-refractivity contribution in [2.24, 2.45) is 0 Å². The number of carbonyl (C=O) groups excluding carboxylic acids is 1. The van der Waals surface area contributed by atoms with Crippen LogP contribution in [0.4, 0.5) is 4.39 Å². The summed E-state index contributed by atoms with van der Waals surface area (Å²) in [6.07, 6.45) is 3.35. The first-order chi connectivity index (χ1) is 10.1. The van der Waals surface area contributed by atoms with Crippen molar-refractivity contribution in [3.63, 3.8) is 0 Å². The fourth-order valence-electron chi connectivity index (χ4n) is 2.83. The van der Waals surface area contributed by atoms with E-state index in [2.05, 4.69) is 11.4 Å². The first-order valence-corrected chi connectivity index (χ1v) is 7.31. The highest BCUT2D eigenvalue weighted by molar-refractivity contribution is 5.94. The summed E-state index contributed by atoms with van der Waals surface area (Å²) in [7, 11) is 0. The molecule has 21 heavy (non-hydrogen) atoms. The van der Waals surface area contributed by atoms with Gasteiger partial charge in [-0.2, -0.15) is 0 Å². The lowest BCUT2D eigenvalue weighted by molar-refractivity contribution is 0.0940. The zero-order valence-corrected chi connectivity index (χ0v) is 12.0. The fourth-order valence-corrected chi connectivity index (χ4v) is 2.83. The van der Waals surface area contributed by atoms with Crippen LogP contribution in [0.2, 0.25) is 0 Å². The van der Waals surface area contributed by atoms with Gasteiger partial charge in [0.2, 0.25) is 0 Å². The van der Waals surface area contributed by atoms with E-state index in [0.717, 1.165) is 18.4 Å². The van der Waals surface area contributed by atoms with Crippen LogP contribution in [0.1, 0.15) is 46.4 Å². The van der Waals surface area contributed by atoms with Crippen molar-refractivity contribution in [3.8, 4) is 0 Å². The Morgan fingerprint density at radius 3 is 2.57 bits per heavy atom. The molecule has 1 N–H and O–H groups in total. The molecule has 1 aliphatic carbocycles. The van der Waals surface area contributed by atoms with Gasteiger partial charge in [-0.25, -0.2) is 4.39 Å². The third-order valence-electron chi connectivity index (χ3n) is 4.08. The van der Waals surface area contributed by atoms with Gasteiger partial charge < -0.3 is 5.32 Å². The van der Waals surface area contributed by atoms with Crippen LogP contribution in [0.3, 0.4) is 0 Å². The summed E-state index contributed by atoms with van der Waals surface area (Å²) in [5.74, 6) is -0.350. The maximum atomic E-state index is 12.9. The lowest BCUT2D eigenvalue weighted by atomic mass is 10.0. The van der Waals surface area contributed by atoms with Gasteiger partial charge in [0, 0.05) is 5.56 Å². The quantitative estimate of drug-likeness (QED) is 0.912. The van der Waals surface area contributed by atoms with Gasteiger partial charge in [-0.3, -0.25) is 4.79 Å². The molecule has 1 atom stereocenters. The summed E-state index contributed by atoms with van der Waals surface area (Å²) in [6.45, 7) is 1.90. The first kappa shape index (κ1) is 13.8. The van der Waals surface area contributed by atoms with Gasteiger partial charge in [0.15, 0.2) is 0 Å². The minimum Gasteiger partial charge on any atom is -0.346 e. The predicted octanol–water partition coefficient (Wildman–Crippen LogP) is 3.81. The Bertz CT molecular complexity index is 663. The molecule has 0 saturated heterocycles. The number of carbonyl (C=O) groups is 1. The van der Waals surface area contributed by atoms with E-state index in [4.69, 9.17) is 0 Å². The third-order valence-corrected chi connectivity index (χ3v) is 4.08. The second-order valence-electron chi connectivity index (χ2n) is 5.58. The number of nitrogens with one attached hydrogen (secondary N) is 1. The average Bonchev–Trinajstić information content (AvgIpc) is 2.95. The molecule has 0 radical (unpaired) electrons. The molecular weight excluding hydrogens is 265 g/mol. The second-order valence-corrected chi connectivity index (χ2v) is 5.58. The monoisotopic (exact) mass is 283 g/mol. The summed E-state index contributed by atoms with van der Waals surface area (Å²) in [4.78, 5) is 12.3. The molecule has 0 saturated carbocycles. The molecule has 2 aromatic rings. The number of halogens is 1. The van der Waals surface area contributed by atoms with Crippen molar-refractivity contribution in [1.82, 2.24) is 5.32 Å². The summed E-state index contributed by atoms with van der Waals surface area (Å²) < 4.78 is 12.9. The Hall–Kier alpha value is -2.16. The molecule has 0 aliphatic heterocycles.